The monoisotopic (exact) mass is 369 g/mol. The van der Waals surface area contributed by atoms with E-state index in [9.17, 15) is 9.90 Å². The second-order valence-electron chi connectivity index (χ2n) is 6.58. The maximum Gasteiger partial charge on any atom is 0.255 e. The van der Waals surface area contributed by atoms with E-state index in [-0.39, 0.29) is 12.5 Å². The highest BCUT2D eigenvalue weighted by Gasteiger charge is 2.24. The molecule has 1 unspecified atom stereocenters. The minimum atomic E-state index is -1.02. The predicted molar refractivity (Wildman–Crippen MR) is 106 cm³/mol. The van der Waals surface area contributed by atoms with Crippen molar-refractivity contribution in [1.29, 1.82) is 0 Å². The topological polar surface area (TPSA) is 58.6 Å². The molecule has 0 saturated carbocycles. The van der Waals surface area contributed by atoms with Crippen LogP contribution in [0.3, 0.4) is 0 Å². The first-order chi connectivity index (χ1) is 12.5. The number of amides is 1. The minimum Gasteiger partial charge on any atom is -0.493 e. The fourth-order valence-corrected chi connectivity index (χ4v) is 3.68. The van der Waals surface area contributed by atoms with Gasteiger partial charge in [-0.25, -0.2) is 0 Å². The summed E-state index contributed by atoms with van der Waals surface area (Å²) in [6, 6.07) is 13.5. The Morgan fingerprint density at radius 2 is 2.04 bits per heavy atom. The van der Waals surface area contributed by atoms with E-state index in [0.29, 0.717) is 24.3 Å². The second kappa shape index (κ2) is 7.89. The molecule has 0 aliphatic rings. The second-order valence-corrected chi connectivity index (χ2v) is 7.36. The van der Waals surface area contributed by atoms with E-state index in [1.54, 1.807) is 18.3 Å². The van der Waals surface area contributed by atoms with Crippen molar-refractivity contribution < 1.29 is 14.6 Å². The number of aliphatic hydroxyl groups is 1. The van der Waals surface area contributed by atoms with Crippen molar-refractivity contribution in [1.82, 2.24) is 5.32 Å². The van der Waals surface area contributed by atoms with Crippen molar-refractivity contribution in [2.45, 2.75) is 25.9 Å². The smallest absolute Gasteiger partial charge is 0.255 e. The van der Waals surface area contributed by atoms with Crippen molar-refractivity contribution in [2.75, 3.05) is 13.2 Å². The van der Waals surface area contributed by atoms with Crippen LogP contribution in [0.2, 0.25) is 0 Å². The van der Waals surface area contributed by atoms with E-state index in [0.717, 1.165) is 16.3 Å². The van der Waals surface area contributed by atoms with Crippen molar-refractivity contribution >= 4 is 28.0 Å². The summed E-state index contributed by atoms with van der Waals surface area (Å²) in [4.78, 5) is 12.9. The summed E-state index contributed by atoms with van der Waals surface area (Å²) in [6.45, 7) is 4.27. The van der Waals surface area contributed by atoms with Gasteiger partial charge in [0.1, 0.15) is 5.75 Å². The van der Waals surface area contributed by atoms with E-state index < -0.39 is 5.60 Å². The number of benzene rings is 2. The Kier molecular flexibility index (Phi) is 5.59. The maximum absolute atomic E-state index is 12.9. The summed E-state index contributed by atoms with van der Waals surface area (Å²) in [7, 11) is 0. The summed E-state index contributed by atoms with van der Waals surface area (Å²) in [5.41, 5.74) is 0.554. The highest BCUT2D eigenvalue weighted by atomic mass is 32.1. The fourth-order valence-electron chi connectivity index (χ4n) is 3.02. The largest absolute Gasteiger partial charge is 0.493 e. The van der Waals surface area contributed by atoms with Crippen molar-refractivity contribution in [2.24, 2.45) is 0 Å². The van der Waals surface area contributed by atoms with Gasteiger partial charge in [0.25, 0.3) is 5.91 Å². The number of hydrogen-bond acceptors (Lipinski definition) is 4. The van der Waals surface area contributed by atoms with Crippen LogP contribution in [0.4, 0.5) is 0 Å². The van der Waals surface area contributed by atoms with Crippen LogP contribution < -0.4 is 10.1 Å². The molecule has 0 saturated heterocycles. The molecule has 136 valence electrons. The number of nitrogens with one attached hydrogen (secondary N) is 1. The SMILES string of the molecule is CCOc1ccc2ccccc2c1C(=O)NCC(C)(O)Cc1ccsc1. The first-order valence-electron chi connectivity index (χ1n) is 8.66. The van der Waals surface area contributed by atoms with Gasteiger partial charge in [0.05, 0.1) is 17.8 Å². The Bertz CT molecular complexity index is 887. The minimum absolute atomic E-state index is 0.163. The zero-order chi connectivity index (χ0) is 18.6. The molecule has 0 aliphatic carbocycles. The number of fused-ring (bicyclic) bond motifs is 1. The molecule has 2 N–H and O–H groups in total. The van der Waals surface area contributed by atoms with Gasteiger partial charge in [-0.3, -0.25) is 4.79 Å². The zero-order valence-corrected chi connectivity index (χ0v) is 15.8. The number of hydrogen-bond donors (Lipinski definition) is 2. The van der Waals surface area contributed by atoms with E-state index in [4.69, 9.17) is 4.74 Å². The Morgan fingerprint density at radius 3 is 2.77 bits per heavy atom. The lowest BCUT2D eigenvalue weighted by molar-refractivity contribution is 0.0553. The summed E-state index contributed by atoms with van der Waals surface area (Å²) < 4.78 is 5.66. The molecule has 0 bridgehead atoms. The molecule has 26 heavy (non-hydrogen) atoms. The van der Waals surface area contributed by atoms with Gasteiger partial charge >= 0.3 is 0 Å². The number of carbonyl (C=O) groups excluding carboxylic acids is 1. The van der Waals surface area contributed by atoms with Gasteiger partial charge < -0.3 is 15.2 Å². The molecule has 1 atom stereocenters. The van der Waals surface area contributed by atoms with Crippen LogP contribution >= 0.6 is 11.3 Å². The Labute approximate surface area is 157 Å². The Morgan fingerprint density at radius 1 is 1.23 bits per heavy atom. The molecule has 1 aromatic heterocycles. The van der Waals surface area contributed by atoms with Crippen LogP contribution in [0, 0.1) is 0 Å². The van der Waals surface area contributed by atoms with Gasteiger partial charge in [-0.05, 0) is 53.1 Å². The highest BCUT2D eigenvalue weighted by molar-refractivity contribution is 7.07. The third-order valence-corrected chi connectivity index (χ3v) is 4.94. The molecule has 4 nitrogen and oxygen atoms in total. The van der Waals surface area contributed by atoms with Crippen molar-refractivity contribution in [3.8, 4) is 5.75 Å². The molecule has 1 amide bonds. The predicted octanol–water partition coefficient (Wildman–Crippen LogP) is 4.02. The molecule has 0 fully saturated rings. The lowest BCUT2D eigenvalue weighted by Gasteiger charge is -2.24. The molecule has 0 aliphatic heterocycles. The van der Waals surface area contributed by atoms with Gasteiger partial charge in [-0.2, -0.15) is 11.3 Å². The fraction of sp³-hybridized carbons (Fsp3) is 0.286. The maximum atomic E-state index is 12.9. The summed E-state index contributed by atoms with van der Waals surface area (Å²) >= 11 is 1.60. The first kappa shape index (κ1) is 18.4. The standard InChI is InChI=1S/C21H23NO3S/c1-3-25-18-9-8-16-6-4-5-7-17(16)19(18)20(23)22-14-21(2,24)12-15-10-11-26-13-15/h4-11,13,24H,3,12,14H2,1-2H3,(H,22,23). The molecule has 0 radical (unpaired) electrons. The normalized spacial score (nSPS) is 13.3. The number of carbonyl (C=O) groups is 1. The first-order valence-corrected chi connectivity index (χ1v) is 9.60. The number of ether oxygens (including phenoxy) is 1. The van der Waals surface area contributed by atoms with Gasteiger partial charge in [-0.1, -0.05) is 30.3 Å². The molecular weight excluding hydrogens is 346 g/mol. The molecular formula is C21H23NO3S. The third-order valence-electron chi connectivity index (χ3n) is 4.21. The molecule has 2 aromatic carbocycles. The van der Waals surface area contributed by atoms with E-state index in [1.165, 1.54) is 0 Å². The number of thiophene rings is 1. The summed E-state index contributed by atoms with van der Waals surface area (Å²) in [6.07, 6.45) is 0.491. The van der Waals surface area contributed by atoms with Crippen LogP contribution in [0.25, 0.3) is 10.8 Å². The van der Waals surface area contributed by atoms with Crippen LogP contribution in [0.5, 0.6) is 5.75 Å². The van der Waals surface area contributed by atoms with Gasteiger partial charge in [-0.15, -0.1) is 0 Å². The van der Waals surface area contributed by atoms with E-state index in [1.807, 2.05) is 60.1 Å². The number of rotatable bonds is 7. The quantitative estimate of drug-likeness (QED) is 0.661. The third kappa shape index (κ3) is 4.23. The summed E-state index contributed by atoms with van der Waals surface area (Å²) in [5.74, 6) is 0.317. The lowest BCUT2D eigenvalue weighted by Crippen LogP contribution is -2.42. The van der Waals surface area contributed by atoms with Crippen LogP contribution in [-0.2, 0) is 6.42 Å². The van der Waals surface area contributed by atoms with Gasteiger partial charge in [0.2, 0.25) is 0 Å². The average molecular weight is 369 g/mol. The van der Waals surface area contributed by atoms with E-state index >= 15 is 0 Å². The van der Waals surface area contributed by atoms with Gasteiger partial charge in [0, 0.05) is 13.0 Å². The van der Waals surface area contributed by atoms with Crippen molar-refractivity contribution in [3.63, 3.8) is 0 Å². The van der Waals surface area contributed by atoms with Crippen molar-refractivity contribution in [3.05, 3.63) is 64.4 Å². The Hall–Kier alpha value is -2.37. The molecule has 3 rings (SSSR count). The molecule has 1 heterocycles. The highest BCUT2D eigenvalue weighted by Crippen LogP contribution is 2.28. The van der Waals surface area contributed by atoms with Gasteiger partial charge in [0.15, 0.2) is 0 Å². The zero-order valence-electron chi connectivity index (χ0n) is 15.0. The lowest BCUT2D eigenvalue weighted by atomic mass is 9.97. The molecule has 3 aromatic rings. The Balaban J connectivity index is 1.81. The molecule has 5 heteroatoms. The summed E-state index contributed by atoms with van der Waals surface area (Å²) in [5, 5.41) is 19.3. The van der Waals surface area contributed by atoms with E-state index in [2.05, 4.69) is 5.32 Å². The molecule has 0 spiro atoms. The van der Waals surface area contributed by atoms with Crippen LogP contribution in [0.1, 0.15) is 29.8 Å². The van der Waals surface area contributed by atoms with Crippen LogP contribution in [-0.4, -0.2) is 29.8 Å². The van der Waals surface area contributed by atoms with Crippen LogP contribution in [0.15, 0.2) is 53.2 Å². The average Bonchev–Trinajstić information content (AvgIpc) is 3.12.